The number of rotatable bonds is 2. The number of hydrogen-bond acceptors (Lipinski definition) is 5. The molecule has 0 aliphatic heterocycles. The Kier molecular flexibility index (Phi) is 3.28. The second-order valence-electron chi connectivity index (χ2n) is 3.45. The average Bonchev–Trinajstić information content (AvgIpc) is 2.69. The van der Waals surface area contributed by atoms with Crippen molar-refractivity contribution in [1.82, 2.24) is 10.1 Å². The summed E-state index contributed by atoms with van der Waals surface area (Å²) in [6, 6.07) is 2.27. The van der Waals surface area contributed by atoms with Crippen LogP contribution in [-0.2, 0) is 0 Å². The maximum atomic E-state index is 13.3. The number of amides is 1. The minimum atomic E-state index is -0.623. The van der Waals surface area contributed by atoms with Crippen LogP contribution >= 0.6 is 15.9 Å². The fourth-order valence-electron chi connectivity index (χ4n) is 1.27. The molecule has 1 amide bonds. The van der Waals surface area contributed by atoms with Crippen LogP contribution < -0.4 is 11.1 Å². The zero-order valence-electron chi connectivity index (χ0n) is 9.20. The molecule has 2 aromatic rings. The Bertz CT molecular complexity index is 614. The molecule has 1 aromatic carbocycles. The highest BCUT2D eigenvalue weighted by Gasteiger charge is 2.15. The molecule has 0 spiro atoms. The molecule has 0 fully saturated rings. The van der Waals surface area contributed by atoms with Crippen LogP contribution in [0.15, 0.2) is 21.1 Å². The van der Waals surface area contributed by atoms with Crippen LogP contribution in [0.5, 0.6) is 0 Å². The minimum absolute atomic E-state index is 0.00782. The van der Waals surface area contributed by atoms with E-state index >= 15 is 0 Å². The highest BCUT2D eigenvalue weighted by Crippen LogP contribution is 2.23. The summed E-state index contributed by atoms with van der Waals surface area (Å²) in [6.07, 6.45) is 0. The lowest BCUT2D eigenvalue weighted by atomic mass is 10.1. The number of aryl methyl sites for hydroxylation is 1. The first-order valence-corrected chi connectivity index (χ1v) is 5.63. The van der Waals surface area contributed by atoms with Gasteiger partial charge in [-0.05, 0) is 35.0 Å². The van der Waals surface area contributed by atoms with Gasteiger partial charge in [0.2, 0.25) is 0 Å². The van der Waals surface area contributed by atoms with Crippen molar-refractivity contribution in [3.8, 4) is 0 Å². The molecule has 94 valence electrons. The lowest BCUT2D eigenvalue weighted by Gasteiger charge is -2.05. The topological polar surface area (TPSA) is 94.0 Å². The van der Waals surface area contributed by atoms with E-state index in [1.807, 2.05) is 0 Å². The van der Waals surface area contributed by atoms with E-state index in [0.29, 0.717) is 5.82 Å². The molecule has 18 heavy (non-hydrogen) atoms. The molecule has 0 saturated carbocycles. The van der Waals surface area contributed by atoms with E-state index in [1.54, 1.807) is 6.92 Å². The Balaban J connectivity index is 2.26. The van der Waals surface area contributed by atoms with Crippen molar-refractivity contribution in [2.75, 3.05) is 11.1 Å². The Hall–Kier alpha value is -1.96. The first-order valence-electron chi connectivity index (χ1n) is 4.83. The van der Waals surface area contributed by atoms with Gasteiger partial charge in [-0.25, -0.2) is 4.39 Å². The SMILES string of the molecule is Cc1noc(NC(=O)c2cc(F)c(Br)cc2N)n1. The zero-order valence-corrected chi connectivity index (χ0v) is 10.8. The van der Waals surface area contributed by atoms with Gasteiger partial charge < -0.3 is 10.3 Å². The van der Waals surface area contributed by atoms with Crippen LogP contribution in [0.25, 0.3) is 0 Å². The lowest BCUT2D eigenvalue weighted by Crippen LogP contribution is -2.14. The number of nitrogens with two attached hydrogens (primary N) is 1. The molecule has 1 heterocycles. The van der Waals surface area contributed by atoms with Gasteiger partial charge in [0, 0.05) is 5.69 Å². The fourth-order valence-corrected chi connectivity index (χ4v) is 1.63. The van der Waals surface area contributed by atoms with Crippen LogP contribution in [0, 0.1) is 12.7 Å². The number of aromatic nitrogens is 2. The second kappa shape index (κ2) is 4.73. The predicted molar refractivity (Wildman–Crippen MR) is 65.5 cm³/mol. The van der Waals surface area contributed by atoms with Gasteiger partial charge in [0.15, 0.2) is 5.82 Å². The molecule has 0 aliphatic rings. The average molecular weight is 315 g/mol. The Morgan fingerprint density at radius 2 is 2.28 bits per heavy atom. The number of anilines is 2. The Labute approximate surface area is 109 Å². The number of halogens is 2. The largest absolute Gasteiger partial charge is 0.398 e. The van der Waals surface area contributed by atoms with Gasteiger partial charge in [-0.2, -0.15) is 4.98 Å². The monoisotopic (exact) mass is 314 g/mol. The minimum Gasteiger partial charge on any atom is -0.398 e. The van der Waals surface area contributed by atoms with Crippen molar-refractivity contribution < 1.29 is 13.7 Å². The van der Waals surface area contributed by atoms with E-state index in [0.717, 1.165) is 6.07 Å². The summed E-state index contributed by atoms with van der Waals surface area (Å²) in [7, 11) is 0. The number of nitrogens with zero attached hydrogens (tertiary/aromatic N) is 2. The van der Waals surface area contributed by atoms with E-state index in [4.69, 9.17) is 10.3 Å². The van der Waals surface area contributed by atoms with Crippen molar-refractivity contribution >= 4 is 33.5 Å². The van der Waals surface area contributed by atoms with Gasteiger partial charge in [0.05, 0.1) is 10.0 Å². The number of carbonyl (C=O) groups excluding carboxylic acids is 1. The van der Waals surface area contributed by atoms with Crippen LogP contribution in [0.3, 0.4) is 0 Å². The standard InChI is InChI=1S/C10H8BrFN4O2/c1-4-14-10(18-16-4)15-9(17)5-2-7(12)6(11)3-8(5)13/h2-3H,13H2,1H3,(H,14,15,16,17). The molecular weight excluding hydrogens is 307 g/mol. The van der Waals surface area contributed by atoms with Gasteiger partial charge in [0.1, 0.15) is 5.82 Å². The fraction of sp³-hybridized carbons (Fsp3) is 0.100. The summed E-state index contributed by atoms with van der Waals surface area (Å²) in [4.78, 5) is 15.6. The van der Waals surface area contributed by atoms with Crippen LogP contribution in [0.1, 0.15) is 16.2 Å². The predicted octanol–water partition coefficient (Wildman–Crippen LogP) is 2.11. The molecule has 0 saturated heterocycles. The van der Waals surface area contributed by atoms with Crippen molar-refractivity contribution in [2.45, 2.75) is 6.92 Å². The Morgan fingerprint density at radius 1 is 1.56 bits per heavy atom. The summed E-state index contributed by atoms with van der Waals surface area (Å²) in [5, 5.41) is 5.83. The molecule has 6 nitrogen and oxygen atoms in total. The van der Waals surface area contributed by atoms with Crippen LogP contribution in [0.4, 0.5) is 16.1 Å². The molecule has 0 radical (unpaired) electrons. The maximum absolute atomic E-state index is 13.3. The Morgan fingerprint density at radius 3 is 2.89 bits per heavy atom. The maximum Gasteiger partial charge on any atom is 0.328 e. The molecule has 2 rings (SSSR count). The first kappa shape index (κ1) is 12.5. The van der Waals surface area contributed by atoms with E-state index in [1.165, 1.54) is 6.07 Å². The summed E-state index contributed by atoms with van der Waals surface area (Å²) in [5.74, 6) is -0.834. The quantitative estimate of drug-likeness (QED) is 0.828. The van der Waals surface area contributed by atoms with Gasteiger partial charge in [-0.15, -0.1) is 0 Å². The molecule has 0 aliphatic carbocycles. The third kappa shape index (κ3) is 2.48. The molecule has 3 N–H and O–H groups in total. The summed E-state index contributed by atoms with van der Waals surface area (Å²) in [5.41, 5.74) is 5.75. The van der Waals surface area contributed by atoms with Gasteiger partial charge >= 0.3 is 6.01 Å². The lowest BCUT2D eigenvalue weighted by molar-refractivity contribution is 0.102. The molecule has 0 unspecified atom stereocenters. The highest BCUT2D eigenvalue weighted by molar-refractivity contribution is 9.10. The van der Waals surface area contributed by atoms with Crippen molar-refractivity contribution in [3.05, 3.63) is 33.8 Å². The van der Waals surface area contributed by atoms with E-state index in [2.05, 4.69) is 31.4 Å². The van der Waals surface area contributed by atoms with Crippen molar-refractivity contribution in [3.63, 3.8) is 0 Å². The van der Waals surface area contributed by atoms with Crippen LogP contribution in [0.2, 0.25) is 0 Å². The van der Waals surface area contributed by atoms with Crippen LogP contribution in [-0.4, -0.2) is 16.0 Å². The molecule has 0 atom stereocenters. The third-order valence-electron chi connectivity index (χ3n) is 2.09. The molecular formula is C10H8BrFN4O2. The second-order valence-corrected chi connectivity index (χ2v) is 4.31. The van der Waals surface area contributed by atoms with E-state index in [9.17, 15) is 9.18 Å². The number of benzene rings is 1. The number of hydrogen-bond donors (Lipinski definition) is 2. The summed E-state index contributed by atoms with van der Waals surface area (Å²) >= 11 is 2.97. The molecule has 1 aromatic heterocycles. The van der Waals surface area contributed by atoms with Gasteiger partial charge in [-0.1, -0.05) is 5.16 Å². The van der Waals surface area contributed by atoms with Crippen molar-refractivity contribution in [2.24, 2.45) is 0 Å². The normalized spacial score (nSPS) is 10.4. The first-order chi connectivity index (χ1) is 8.47. The smallest absolute Gasteiger partial charge is 0.328 e. The van der Waals surface area contributed by atoms with E-state index in [-0.39, 0.29) is 21.7 Å². The molecule has 0 bridgehead atoms. The van der Waals surface area contributed by atoms with E-state index < -0.39 is 11.7 Å². The van der Waals surface area contributed by atoms with Crippen molar-refractivity contribution in [1.29, 1.82) is 0 Å². The zero-order chi connectivity index (χ0) is 13.3. The summed E-state index contributed by atoms with van der Waals surface area (Å²) in [6.45, 7) is 1.60. The number of nitrogen functional groups attached to an aromatic ring is 1. The highest BCUT2D eigenvalue weighted by atomic mass is 79.9. The summed E-state index contributed by atoms with van der Waals surface area (Å²) < 4.78 is 18.2. The molecule has 8 heteroatoms. The van der Waals surface area contributed by atoms with Gasteiger partial charge in [-0.3, -0.25) is 10.1 Å². The number of carbonyl (C=O) groups is 1. The van der Waals surface area contributed by atoms with Gasteiger partial charge in [0.25, 0.3) is 5.91 Å². The number of nitrogens with one attached hydrogen (secondary N) is 1. The third-order valence-corrected chi connectivity index (χ3v) is 2.69.